The Morgan fingerprint density at radius 1 is 1.42 bits per heavy atom. The van der Waals surface area contributed by atoms with Crippen LogP contribution in [0, 0.1) is 0 Å². The molecule has 0 aromatic heterocycles. The lowest BCUT2D eigenvalue weighted by molar-refractivity contribution is -0.137. The summed E-state index contributed by atoms with van der Waals surface area (Å²) >= 11 is 3.09. The summed E-state index contributed by atoms with van der Waals surface area (Å²) in [5, 5.41) is 2.96. The second-order valence-electron chi connectivity index (χ2n) is 4.44. The van der Waals surface area contributed by atoms with Gasteiger partial charge in [0.15, 0.2) is 0 Å². The number of nitrogens with one attached hydrogen (secondary N) is 1. The third kappa shape index (κ3) is 3.02. The van der Waals surface area contributed by atoms with Crippen molar-refractivity contribution in [2.45, 2.75) is 18.6 Å². The zero-order valence-corrected chi connectivity index (χ0v) is 11.7. The summed E-state index contributed by atoms with van der Waals surface area (Å²) in [4.78, 5) is 13.3. The second kappa shape index (κ2) is 5.03. The van der Waals surface area contributed by atoms with Gasteiger partial charge in [-0.1, -0.05) is 0 Å². The van der Waals surface area contributed by atoms with Crippen LogP contribution in [0.25, 0.3) is 0 Å². The minimum absolute atomic E-state index is 0.0493. The van der Waals surface area contributed by atoms with Gasteiger partial charge < -0.3 is 10.2 Å². The van der Waals surface area contributed by atoms with Crippen LogP contribution >= 0.6 is 15.9 Å². The lowest BCUT2D eigenvalue weighted by Crippen LogP contribution is -2.31. The Kier molecular flexibility index (Phi) is 3.75. The monoisotopic (exact) mass is 336 g/mol. The van der Waals surface area contributed by atoms with Crippen molar-refractivity contribution in [2.24, 2.45) is 0 Å². The van der Waals surface area contributed by atoms with Crippen molar-refractivity contribution in [1.29, 1.82) is 0 Å². The number of carbonyl (C=O) groups is 1. The summed E-state index contributed by atoms with van der Waals surface area (Å²) in [5.74, 6) is -0.0493. The Balaban J connectivity index is 2.16. The number of hydrogen-bond acceptors (Lipinski definition) is 2. The average Bonchev–Trinajstić information content (AvgIpc) is 2.62. The van der Waals surface area contributed by atoms with E-state index in [1.54, 1.807) is 11.9 Å². The number of likely N-dealkylation sites (tertiary alicyclic amines) is 1. The van der Waals surface area contributed by atoms with Crippen molar-refractivity contribution in [2.75, 3.05) is 18.9 Å². The fraction of sp³-hybridized carbons (Fsp3) is 0.417. The molecule has 0 radical (unpaired) electrons. The van der Waals surface area contributed by atoms with Gasteiger partial charge in [0.05, 0.1) is 5.56 Å². The minimum atomic E-state index is -4.37. The van der Waals surface area contributed by atoms with Gasteiger partial charge in [0.1, 0.15) is 6.04 Å². The summed E-state index contributed by atoms with van der Waals surface area (Å²) in [5.41, 5.74) is -0.235. The molecule has 104 valence electrons. The van der Waals surface area contributed by atoms with Crippen LogP contribution in [-0.4, -0.2) is 30.4 Å². The van der Waals surface area contributed by atoms with Crippen LogP contribution in [0.15, 0.2) is 22.7 Å². The molecular weight excluding hydrogens is 325 g/mol. The van der Waals surface area contributed by atoms with Gasteiger partial charge in [-0.3, -0.25) is 4.79 Å². The number of hydrogen-bond donors (Lipinski definition) is 1. The molecule has 1 amide bonds. The van der Waals surface area contributed by atoms with Crippen LogP contribution < -0.4 is 5.32 Å². The van der Waals surface area contributed by atoms with E-state index >= 15 is 0 Å². The highest BCUT2D eigenvalue weighted by Crippen LogP contribution is 2.34. The molecule has 0 spiro atoms. The number of anilines is 1. The van der Waals surface area contributed by atoms with E-state index in [4.69, 9.17) is 0 Å². The maximum absolute atomic E-state index is 12.5. The topological polar surface area (TPSA) is 32.3 Å². The lowest BCUT2D eigenvalue weighted by Gasteiger charge is -2.16. The normalized spacial score (nSPS) is 19.9. The quantitative estimate of drug-likeness (QED) is 0.899. The molecule has 3 nitrogen and oxygen atoms in total. The van der Waals surface area contributed by atoms with Crippen molar-refractivity contribution < 1.29 is 18.0 Å². The Morgan fingerprint density at radius 2 is 2.11 bits per heavy atom. The number of likely N-dealkylation sites (N-methyl/N-ethyl adjacent to an activating group) is 1. The van der Waals surface area contributed by atoms with Crippen molar-refractivity contribution in [3.63, 3.8) is 0 Å². The number of alkyl halides is 3. The predicted molar refractivity (Wildman–Crippen MR) is 68.8 cm³/mol. The van der Waals surface area contributed by atoms with Crippen LogP contribution in [0.5, 0.6) is 0 Å². The molecule has 0 saturated carbocycles. The van der Waals surface area contributed by atoms with E-state index in [-0.39, 0.29) is 11.9 Å². The molecule has 1 N–H and O–H groups in total. The maximum atomic E-state index is 12.5. The van der Waals surface area contributed by atoms with Crippen LogP contribution in [0.3, 0.4) is 0 Å². The highest BCUT2D eigenvalue weighted by atomic mass is 79.9. The minimum Gasteiger partial charge on any atom is -0.373 e. The largest absolute Gasteiger partial charge is 0.416 e. The molecule has 0 bridgehead atoms. The first kappa shape index (κ1) is 14.2. The molecule has 1 unspecified atom stereocenters. The first-order valence-corrected chi connectivity index (χ1v) is 6.46. The molecule has 1 aliphatic rings. The smallest absolute Gasteiger partial charge is 0.373 e. The van der Waals surface area contributed by atoms with E-state index in [0.717, 1.165) is 12.1 Å². The fourth-order valence-electron chi connectivity index (χ4n) is 1.95. The summed E-state index contributed by atoms with van der Waals surface area (Å²) < 4.78 is 37.8. The molecule has 1 aliphatic heterocycles. The molecule has 1 saturated heterocycles. The molecule has 1 fully saturated rings. The van der Waals surface area contributed by atoms with E-state index in [1.807, 2.05) is 0 Å². The van der Waals surface area contributed by atoms with Gasteiger partial charge in [0.25, 0.3) is 0 Å². The summed E-state index contributed by atoms with van der Waals surface area (Å²) in [6.07, 6.45) is -3.73. The predicted octanol–water partition coefficient (Wildman–Crippen LogP) is 3.11. The third-order valence-electron chi connectivity index (χ3n) is 3.05. The summed E-state index contributed by atoms with van der Waals surface area (Å²) in [6.45, 7) is 0.648. The van der Waals surface area contributed by atoms with Crippen molar-refractivity contribution in [3.05, 3.63) is 28.2 Å². The van der Waals surface area contributed by atoms with Crippen molar-refractivity contribution in [1.82, 2.24) is 4.90 Å². The molecule has 1 heterocycles. The Bertz CT molecular complexity index is 504. The van der Waals surface area contributed by atoms with E-state index in [2.05, 4.69) is 21.2 Å². The van der Waals surface area contributed by atoms with Crippen LogP contribution in [0.4, 0.5) is 18.9 Å². The van der Waals surface area contributed by atoms with E-state index < -0.39 is 11.7 Å². The van der Waals surface area contributed by atoms with Gasteiger partial charge in [-0.25, -0.2) is 0 Å². The average molecular weight is 337 g/mol. The van der Waals surface area contributed by atoms with Gasteiger partial charge in [-0.15, -0.1) is 0 Å². The molecule has 0 aliphatic carbocycles. The highest BCUT2D eigenvalue weighted by Gasteiger charge is 2.32. The van der Waals surface area contributed by atoms with Crippen LogP contribution in [0.1, 0.15) is 12.0 Å². The SMILES string of the molecule is CN1CCC(Nc2ccc(C(F)(F)F)cc2Br)C1=O. The van der Waals surface area contributed by atoms with Crippen molar-refractivity contribution >= 4 is 27.5 Å². The van der Waals surface area contributed by atoms with E-state index in [1.165, 1.54) is 6.07 Å². The van der Waals surface area contributed by atoms with Crippen LogP contribution in [-0.2, 0) is 11.0 Å². The van der Waals surface area contributed by atoms with E-state index in [0.29, 0.717) is 23.1 Å². The first-order chi connectivity index (χ1) is 8.79. The zero-order valence-electron chi connectivity index (χ0n) is 10.1. The van der Waals surface area contributed by atoms with Crippen molar-refractivity contribution in [3.8, 4) is 0 Å². The summed E-state index contributed by atoms with van der Waals surface area (Å²) in [7, 11) is 1.70. The van der Waals surface area contributed by atoms with Gasteiger partial charge >= 0.3 is 6.18 Å². The van der Waals surface area contributed by atoms with Gasteiger partial charge in [-0.05, 0) is 40.5 Å². The number of halogens is 4. The highest BCUT2D eigenvalue weighted by molar-refractivity contribution is 9.10. The molecule has 1 atom stereocenters. The number of carbonyl (C=O) groups excluding carboxylic acids is 1. The standard InChI is InChI=1S/C12H12BrF3N2O/c1-18-5-4-10(11(18)19)17-9-3-2-7(6-8(9)13)12(14,15)16/h2-3,6,10,17H,4-5H2,1H3. The maximum Gasteiger partial charge on any atom is 0.416 e. The number of rotatable bonds is 2. The van der Waals surface area contributed by atoms with Gasteiger partial charge in [-0.2, -0.15) is 13.2 Å². The molecular formula is C12H12BrF3N2O. The Morgan fingerprint density at radius 3 is 2.58 bits per heavy atom. The van der Waals surface area contributed by atoms with Gasteiger partial charge in [0.2, 0.25) is 5.91 Å². The number of nitrogens with zero attached hydrogens (tertiary/aromatic N) is 1. The molecule has 1 aromatic carbocycles. The molecule has 19 heavy (non-hydrogen) atoms. The second-order valence-corrected chi connectivity index (χ2v) is 5.29. The Hall–Kier alpha value is -1.24. The molecule has 7 heteroatoms. The van der Waals surface area contributed by atoms with Gasteiger partial charge in [0, 0.05) is 23.8 Å². The lowest BCUT2D eigenvalue weighted by atomic mass is 10.1. The number of amides is 1. The Labute approximate surface area is 116 Å². The summed E-state index contributed by atoms with van der Waals surface area (Å²) in [6, 6.07) is 2.96. The number of benzene rings is 1. The zero-order chi connectivity index (χ0) is 14.2. The van der Waals surface area contributed by atoms with E-state index in [9.17, 15) is 18.0 Å². The van der Waals surface area contributed by atoms with Crippen LogP contribution in [0.2, 0.25) is 0 Å². The first-order valence-electron chi connectivity index (χ1n) is 5.67. The molecule has 2 rings (SSSR count). The third-order valence-corrected chi connectivity index (χ3v) is 3.71. The fourth-order valence-corrected chi connectivity index (χ4v) is 2.45. The molecule has 1 aromatic rings.